The van der Waals surface area contributed by atoms with E-state index in [1.807, 2.05) is 13.0 Å². The molecule has 0 saturated heterocycles. The highest BCUT2D eigenvalue weighted by atomic mass is 32.2. The van der Waals surface area contributed by atoms with Gasteiger partial charge in [0.15, 0.2) is 15.6 Å². The molecule has 3 aromatic heterocycles. The molecule has 0 aliphatic carbocycles. The first-order valence-corrected chi connectivity index (χ1v) is 13.1. The number of nitrogens with one attached hydrogen (secondary N) is 1. The number of carbonyl (C=O) groups is 1. The number of aliphatic carboxylic acids is 1. The number of aryl methyl sites for hydroxylation is 1. The van der Waals surface area contributed by atoms with E-state index in [4.69, 9.17) is 9.84 Å². The molecular weight excluding hydrogens is 496 g/mol. The van der Waals surface area contributed by atoms with E-state index in [0.717, 1.165) is 16.5 Å². The summed E-state index contributed by atoms with van der Waals surface area (Å²) in [5.41, 5.74) is 2.97. The zero-order chi connectivity index (χ0) is 26.3. The number of nitriles is 1. The molecule has 0 saturated carbocycles. The van der Waals surface area contributed by atoms with Gasteiger partial charge in [-0.2, -0.15) is 10.4 Å². The van der Waals surface area contributed by atoms with Crippen molar-refractivity contribution in [2.24, 2.45) is 0 Å². The van der Waals surface area contributed by atoms with Gasteiger partial charge in [-0.15, -0.1) is 0 Å². The van der Waals surface area contributed by atoms with Crippen molar-refractivity contribution >= 4 is 37.6 Å². The average molecular weight is 519 g/mol. The van der Waals surface area contributed by atoms with E-state index in [9.17, 15) is 18.5 Å². The number of sulfone groups is 1. The topological polar surface area (TPSA) is 156 Å². The fourth-order valence-electron chi connectivity index (χ4n) is 4.43. The van der Waals surface area contributed by atoms with Gasteiger partial charge in [0.05, 0.1) is 17.0 Å². The van der Waals surface area contributed by atoms with Gasteiger partial charge in [0, 0.05) is 52.9 Å². The van der Waals surface area contributed by atoms with Crippen LogP contribution in [-0.2, 0) is 34.3 Å². The molecular formula is C25H22N6O5S. The molecule has 2 aromatic carbocycles. The van der Waals surface area contributed by atoms with Crippen LogP contribution in [0.2, 0.25) is 0 Å². The van der Waals surface area contributed by atoms with Crippen LogP contribution in [0.4, 0.5) is 0 Å². The van der Waals surface area contributed by atoms with Crippen LogP contribution in [0.15, 0.2) is 53.9 Å². The molecule has 0 aliphatic rings. The summed E-state index contributed by atoms with van der Waals surface area (Å²) in [5.74, 6) is -0.392. The molecule has 0 unspecified atom stereocenters. The van der Waals surface area contributed by atoms with Crippen LogP contribution in [0.5, 0.6) is 5.75 Å². The van der Waals surface area contributed by atoms with Crippen LogP contribution in [0.3, 0.4) is 0 Å². The number of carboxylic acids is 1. The van der Waals surface area contributed by atoms with Crippen molar-refractivity contribution in [3.63, 3.8) is 0 Å². The van der Waals surface area contributed by atoms with Gasteiger partial charge in [-0.3, -0.25) is 9.48 Å². The van der Waals surface area contributed by atoms with Crippen LogP contribution < -0.4 is 4.74 Å². The third-order valence-electron chi connectivity index (χ3n) is 6.08. The smallest absolute Gasteiger partial charge is 0.323 e. The van der Waals surface area contributed by atoms with Crippen molar-refractivity contribution < 1.29 is 23.1 Å². The molecule has 0 bridgehead atoms. The minimum Gasteiger partial charge on any atom is -0.482 e. The second-order valence-electron chi connectivity index (χ2n) is 8.68. The molecule has 0 radical (unpaired) electrons. The van der Waals surface area contributed by atoms with Gasteiger partial charge in [0.2, 0.25) is 0 Å². The van der Waals surface area contributed by atoms with Gasteiger partial charge in [-0.05, 0) is 36.8 Å². The summed E-state index contributed by atoms with van der Waals surface area (Å²) in [5, 5.41) is 24.9. The van der Waals surface area contributed by atoms with E-state index >= 15 is 0 Å². The number of carboxylic acid groups (broad SMARTS) is 1. The van der Waals surface area contributed by atoms with E-state index in [1.165, 1.54) is 23.2 Å². The number of ether oxygens (including phenoxy) is 1. The lowest BCUT2D eigenvalue weighted by Gasteiger charge is -2.12. The van der Waals surface area contributed by atoms with Crippen molar-refractivity contribution in [3.05, 3.63) is 71.6 Å². The van der Waals surface area contributed by atoms with Crippen molar-refractivity contribution in [3.8, 4) is 11.8 Å². The number of nitrogens with zero attached hydrogens (tertiary/aromatic N) is 5. The Morgan fingerprint density at radius 1 is 1.30 bits per heavy atom. The highest BCUT2D eigenvalue weighted by molar-refractivity contribution is 7.90. The Hall–Kier alpha value is -4.63. The van der Waals surface area contributed by atoms with Crippen LogP contribution in [0.1, 0.15) is 22.5 Å². The molecule has 0 fully saturated rings. The van der Waals surface area contributed by atoms with Crippen LogP contribution in [0.25, 0.3) is 21.8 Å². The second-order valence-corrected chi connectivity index (χ2v) is 10.7. The maximum absolute atomic E-state index is 12.6. The van der Waals surface area contributed by atoms with Gasteiger partial charge >= 0.3 is 5.97 Å². The van der Waals surface area contributed by atoms with Crippen LogP contribution >= 0.6 is 0 Å². The second kappa shape index (κ2) is 9.11. The molecule has 188 valence electrons. The first kappa shape index (κ1) is 24.1. The van der Waals surface area contributed by atoms with Crippen molar-refractivity contribution in [2.75, 3.05) is 6.26 Å². The van der Waals surface area contributed by atoms with Crippen molar-refractivity contribution in [1.82, 2.24) is 24.3 Å². The van der Waals surface area contributed by atoms with Gasteiger partial charge in [0.1, 0.15) is 30.6 Å². The third kappa shape index (κ3) is 4.52. The lowest BCUT2D eigenvalue weighted by atomic mass is 10.1. The molecule has 12 heteroatoms. The zero-order valence-corrected chi connectivity index (χ0v) is 20.8. The van der Waals surface area contributed by atoms with Gasteiger partial charge in [-0.1, -0.05) is 0 Å². The number of fused-ring (bicyclic) bond motifs is 2. The number of aromatic amines is 1. The molecule has 0 spiro atoms. The predicted octanol–water partition coefficient (Wildman–Crippen LogP) is 3.01. The minimum atomic E-state index is -3.51. The number of hydrogen-bond acceptors (Lipinski definition) is 7. The Morgan fingerprint density at radius 3 is 2.84 bits per heavy atom. The predicted molar refractivity (Wildman–Crippen MR) is 134 cm³/mol. The Balaban J connectivity index is 1.55. The Bertz CT molecular complexity index is 1820. The number of benzene rings is 2. The standard InChI is InChI=1S/C25H22N6O5S/c1-15-9-20(37(2,34)35)19(18-5-6-28-23(15)18)12-31-11-17-4-3-16(10-26)25(24(17)29-31)36-14-21-27-7-8-30(21)13-22(32)33/h3-9,11,28H,12-14H2,1-2H3,(H,32,33). The Kier molecular flexibility index (Phi) is 5.93. The van der Waals surface area contributed by atoms with Gasteiger partial charge < -0.3 is 19.4 Å². The molecule has 37 heavy (non-hydrogen) atoms. The average Bonchev–Trinajstić information content (AvgIpc) is 3.57. The summed E-state index contributed by atoms with van der Waals surface area (Å²) < 4.78 is 34.3. The summed E-state index contributed by atoms with van der Waals surface area (Å²) >= 11 is 0. The van der Waals surface area contributed by atoms with E-state index < -0.39 is 15.8 Å². The first-order chi connectivity index (χ1) is 17.7. The van der Waals surface area contributed by atoms with E-state index in [0.29, 0.717) is 22.3 Å². The number of H-pyrrole nitrogens is 1. The maximum Gasteiger partial charge on any atom is 0.323 e. The number of rotatable bonds is 8. The summed E-state index contributed by atoms with van der Waals surface area (Å²) in [6, 6.07) is 8.97. The molecule has 5 rings (SSSR count). The molecule has 3 heterocycles. The molecule has 0 aliphatic heterocycles. The quantitative estimate of drug-likeness (QED) is 0.317. The van der Waals surface area contributed by atoms with Crippen molar-refractivity contribution in [2.45, 2.75) is 31.5 Å². The lowest BCUT2D eigenvalue weighted by molar-refractivity contribution is -0.137. The summed E-state index contributed by atoms with van der Waals surface area (Å²) in [7, 11) is -3.51. The fourth-order valence-corrected chi connectivity index (χ4v) is 5.44. The SMILES string of the molecule is Cc1cc(S(C)(=O)=O)c(Cn2cc3ccc(C#N)c(OCc4nccn4CC(=O)O)c3n2)c2cc[nH]c12. The molecule has 5 aromatic rings. The molecule has 0 atom stereocenters. The van der Waals surface area contributed by atoms with Gasteiger partial charge in [0.25, 0.3) is 0 Å². The van der Waals surface area contributed by atoms with E-state index in [2.05, 4.69) is 21.1 Å². The third-order valence-corrected chi connectivity index (χ3v) is 7.25. The van der Waals surface area contributed by atoms with Gasteiger partial charge in [-0.25, -0.2) is 13.4 Å². The fraction of sp³-hybridized carbons (Fsp3) is 0.200. The Labute approximate surface area is 211 Å². The van der Waals surface area contributed by atoms with E-state index in [-0.39, 0.29) is 35.9 Å². The maximum atomic E-state index is 12.6. The first-order valence-electron chi connectivity index (χ1n) is 11.2. The Morgan fingerprint density at radius 2 is 2.11 bits per heavy atom. The summed E-state index contributed by atoms with van der Waals surface area (Å²) in [6.45, 7) is 1.70. The normalized spacial score (nSPS) is 11.7. The largest absolute Gasteiger partial charge is 0.482 e. The molecule has 0 amide bonds. The lowest BCUT2D eigenvalue weighted by Crippen LogP contribution is -2.13. The minimum absolute atomic E-state index is 0.0684. The molecule has 11 nitrogen and oxygen atoms in total. The number of hydrogen-bond donors (Lipinski definition) is 2. The summed E-state index contributed by atoms with van der Waals surface area (Å²) in [4.78, 5) is 18.7. The monoisotopic (exact) mass is 518 g/mol. The number of aromatic nitrogens is 5. The number of imidazole rings is 1. The van der Waals surface area contributed by atoms with Crippen molar-refractivity contribution in [1.29, 1.82) is 5.26 Å². The van der Waals surface area contributed by atoms with Crippen LogP contribution in [-0.4, -0.2) is 50.1 Å². The zero-order valence-electron chi connectivity index (χ0n) is 20.0. The highest BCUT2D eigenvalue weighted by Crippen LogP contribution is 2.32. The van der Waals surface area contributed by atoms with E-state index in [1.54, 1.807) is 35.3 Å². The highest BCUT2D eigenvalue weighted by Gasteiger charge is 2.21. The van der Waals surface area contributed by atoms with Crippen LogP contribution in [0, 0.1) is 18.3 Å². The molecule has 2 N–H and O–H groups in total. The summed E-state index contributed by atoms with van der Waals surface area (Å²) in [6.07, 6.45) is 7.73.